The fourth-order valence-electron chi connectivity index (χ4n) is 2.50. The predicted octanol–water partition coefficient (Wildman–Crippen LogP) is 3.26. The summed E-state index contributed by atoms with van der Waals surface area (Å²) < 4.78 is 10.6. The van der Waals surface area contributed by atoms with Crippen molar-refractivity contribution in [2.75, 3.05) is 7.11 Å². The van der Waals surface area contributed by atoms with Crippen molar-refractivity contribution in [3.8, 4) is 5.75 Å². The summed E-state index contributed by atoms with van der Waals surface area (Å²) in [5.74, 6) is 0.0953. The fraction of sp³-hybridized carbons (Fsp3) is 0.111. The molecule has 3 rings (SSSR count). The number of benzene rings is 2. The summed E-state index contributed by atoms with van der Waals surface area (Å²) in [6.45, 7) is 1.87. The molecule has 2 aromatic rings. The van der Waals surface area contributed by atoms with Crippen molar-refractivity contribution < 1.29 is 19.2 Å². The van der Waals surface area contributed by atoms with E-state index in [9.17, 15) is 14.9 Å². The molecule has 0 saturated carbocycles. The quantitative estimate of drug-likeness (QED) is 0.369. The SMILES string of the molecule is COc1c(C)cccc1C1=N/C(=C/c2cccc([N+](=O)[O-])c2)C(=O)O1. The molecule has 0 aliphatic carbocycles. The number of carbonyl (C=O) groups excluding carboxylic acids is 1. The highest BCUT2D eigenvalue weighted by Crippen LogP contribution is 2.28. The highest BCUT2D eigenvalue weighted by Gasteiger charge is 2.26. The minimum atomic E-state index is -0.620. The Bertz CT molecular complexity index is 931. The standard InChI is InChI=1S/C18H14N2O5/c1-11-5-3-8-14(16(11)24-2)17-19-15(18(21)25-17)10-12-6-4-7-13(9-12)20(22)23/h3-10H,1-2H3/b15-10+. The molecule has 1 aliphatic heterocycles. The van der Waals surface area contributed by atoms with Crippen LogP contribution in [-0.2, 0) is 9.53 Å². The van der Waals surface area contributed by atoms with Gasteiger partial charge >= 0.3 is 5.97 Å². The Morgan fingerprint density at radius 3 is 2.72 bits per heavy atom. The number of rotatable bonds is 4. The number of aryl methyl sites for hydroxylation is 1. The number of nitrogens with zero attached hydrogens (tertiary/aromatic N) is 2. The first-order valence-corrected chi connectivity index (χ1v) is 7.40. The van der Waals surface area contributed by atoms with Gasteiger partial charge in [-0.05, 0) is 30.2 Å². The van der Waals surface area contributed by atoms with Gasteiger partial charge in [0.25, 0.3) is 5.69 Å². The van der Waals surface area contributed by atoms with Crippen LogP contribution in [-0.4, -0.2) is 23.9 Å². The minimum absolute atomic E-state index is 0.0646. The lowest BCUT2D eigenvalue weighted by Crippen LogP contribution is -2.07. The van der Waals surface area contributed by atoms with Crippen LogP contribution in [0.2, 0.25) is 0 Å². The van der Waals surface area contributed by atoms with Crippen molar-refractivity contribution in [3.63, 3.8) is 0 Å². The van der Waals surface area contributed by atoms with Crippen LogP contribution in [0.5, 0.6) is 5.75 Å². The second-order valence-corrected chi connectivity index (χ2v) is 5.34. The van der Waals surface area contributed by atoms with Crippen molar-refractivity contribution in [2.24, 2.45) is 4.99 Å². The van der Waals surface area contributed by atoms with Gasteiger partial charge < -0.3 is 9.47 Å². The highest BCUT2D eigenvalue weighted by atomic mass is 16.6. The van der Waals surface area contributed by atoms with E-state index in [1.807, 2.05) is 19.1 Å². The number of non-ortho nitro benzene ring substituents is 1. The largest absolute Gasteiger partial charge is 0.496 e. The minimum Gasteiger partial charge on any atom is -0.496 e. The third kappa shape index (κ3) is 3.25. The fourth-order valence-corrected chi connectivity index (χ4v) is 2.50. The molecule has 7 heteroatoms. The van der Waals surface area contributed by atoms with Crippen LogP contribution in [0, 0.1) is 17.0 Å². The van der Waals surface area contributed by atoms with Gasteiger partial charge in [-0.25, -0.2) is 9.79 Å². The number of cyclic esters (lactones) is 1. The Balaban J connectivity index is 2.00. The highest BCUT2D eigenvalue weighted by molar-refractivity contribution is 6.13. The molecule has 0 aromatic heterocycles. The lowest BCUT2D eigenvalue weighted by Gasteiger charge is -2.09. The van der Waals surface area contributed by atoms with Gasteiger partial charge in [0.2, 0.25) is 5.90 Å². The van der Waals surface area contributed by atoms with E-state index in [2.05, 4.69) is 4.99 Å². The zero-order valence-electron chi connectivity index (χ0n) is 13.6. The van der Waals surface area contributed by atoms with Gasteiger partial charge in [-0.3, -0.25) is 10.1 Å². The Morgan fingerprint density at radius 1 is 1.24 bits per heavy atom. The third-order valence-electron chi connectivity index (χ3n) is 3.65. The maximum atomic E-state index is 12.1. The summed E-state index contributed by atoms with van der Waals surface area (Å²) in [6, 6.07) is 11.4. The van der Waals surface area contributed by atoms with Gasteiger partial charge in [0, 0.05) is 12.1 Å². The van der Waals surface area contributed by atoms with Crippen LogP contribution in [0.3, 0.4) is 0 Å². The maximum Gasteiger partial charge on any atom is 0.363 e. The lowest BCUT2D eigenvalue weighted by molar-refractivity contribution is -0.384. The number of nitro groups is 1. The van der Waals surface area contributed by atoms with Gasteiger partial charge in [0.15, 0.2) is 5.70 Å². The first kappa shape index (κ1) is 16.4. The van der Waals surface area contributed by atoms with Crippen molar-refractivity contribution in [1.82, 2.24) is 0 Å². The zero-order valence-corrected chi connectivity index (χ0v) is 13.6. The van der Waals surface area contributed by atoms with Crippen LogP contribution in [0.4, 0.5) is 5.69 Å². The topological polar surface area (TPSA) is 91.0 Å². The molecular weight excluding hydrogens is 324 g/mol. The third-order valence-corrected chi connectivity index (χ3v) is 3.65. The van der Waals surface area contributed by atoms with E-state index < -0.39 is 10.9 Å². The van der Waals surface area contributed by atoms with Gasteiger partial charge in [-0.1, -0.05) is 24.3 Å². The van der Waals surface area contributed by atoms with Crippen LogP contribution >= 0.6 is 0 Å². The molecule has 0 bridgehead atoms. The number of aliphatic imine (C=N–C) groups is 1. The Morgan fingerprint density at radius 2 is 2.00 bits per heavy atom. The lowest BCUT2D eigenvalue weighted by atomic mass is 10.1. The van der Waals surface area contributed by atoms with Crippen molar-refractivity contribution in [1.29, 1.82) is 0 Å². The Labute approximate surface area is 143 Å². The van der Waals surface area contributed by atoms with Gasteiger partial charge in [0.1, 0.15) is 5.75 Å². The van der Waals surface area contributed by atoms with E-state index in [1.165, 1.54) is 25.3 Å². The molecule has 126 valence electrons. The Hall–Kier alpha value is -3.48. The van der Waals surface area contributed by atoms with Crippen LogP contribution in [0.1, 0.15) is 16.7 Å². The molecule has 0 spiro atoms. The first-order valence-electron chi connectivity index (χ1n) is 7.40. The summed E-state index contributed by atoms with van der Waals surface area (Å²) in [7, 11) is 1.53. The second kappa shape index (κ2) is 6.56. The molecule has 1 heterocycles. The number of methoxy groups -OCH3 is 1. The van der Waals surface area contributed by atoms with E-state index in [1.54, 1.807) is 18.2 Å². The average Bonchev–Trinajstić information content (AvgIpc) is 2.95. The summed E-state index contributed by atoms with van der Waals surface area (Å²) in [6.07, 6.45) is 1.45. The van der Waals surface area contributed by atoms with Gasteiger partial charge in [-0.2, -0.15) is 0 Å². The molecular formula is C18H14N2O5. The summed E-state index contributed by atoms with van der Waals surface area (Å²) in [5, 5.41) is 10.8. The molecule has 25 heavy (non-hydrogen) atoms. The molecule has 0 unspecified atom stereocenters. The molecule has 0 N–H and O–H groups in total. The van der Waals surface area contributed by atoms with Crippen molar-refractivity contribution in [2.45, 2.75) is 6.92 Å². The number of para-hydroxylation sites is 1. The monoisotopic (exact) mass is 338 g/mol. The molecule has 0 fully saturated rings. The van der Waals surface area contributed by atoms with E-state index >= 15 is 0 Å². The molecule has 0 atom stereocenters. The maximum absolute atomic E-state index is 12.1. The molecule has 0 amide bonds. The van der Waals surface area contributed by atoms with E-state index in [4.69, 9.17) is 9.47 Å². The predicted molar refractivity (Wildman–Crippen MR) is 91.4 cm³/mol. The zero-order chi connectivity index (χ0) is 18.0. The smallest absolute Gasteiger partial charge is 0.363 e. The van der Waals surface area contributed by atoms with Gasteiger partial charge in [0.05, 0.1) is 17.6 Å². The molecule has 0 saturated heterocycles. The van der Waals surface area contributed by atoms with Crippen LogP contribution in [0.25, 0.3) is 6.08 Å². The van der Waals surface area contributed by atoms with Gasteiger partial charge in [-0.15, -0.1) is 0 Å². The number of hydrogen-bond acceptors (Lipinski definition) is 6. The van der Waals surface area contributed by atoms with Crippen LogP contribution in [0.15, 0.2) is 53.2 Å². The number of carbonyl (C=O) groups is 1. The van der Waals surface area contributed by atoms with Crippen molar-refractivity contribution >= 4 is 23.6 Å². The summed E-state index contributed by atoms with van der Waals surface area (Å²) in [5.41, 5.74) is 1.94. The molecule has 2 aromatic carbocycles. The van der Waals surface area contributed by atoms with E-state index in [0.29, 0.717) is 16.9 Å². The number of esters is 1. The van der Waals surface area contributed by atoms with Crippen molar-refractivity contribution in [3.05, 3.63) is 75.0 Å². The van der Waals surface area contributed by atoms with E-state index in [-0.39, 0.29) is 17.3 Å². The Kier molecular flexibility index (Phi) is 4.30. The summed E-state index contributed by atoms with van der Waals surface area (Å²) >= 11 is 0. The normalized spacial score (nSPS) is 15.0. The summed E-state index contributed by atoms with van der Waals surface area (Å²) in [4.78, 5) is 26.6. The number of ether oxygens (including phenoxy) is 2. The molecule has 7 nitrogen and oxygen atoms in total. The first-order chi connectivity index (χ1) is 12.0. The van der Waals surface area contributed by atoms with E-state index in [0.717, 1.165) is 5.56 Å². The molecule has 0 radical (unpaired) electrons. The molecule has 1 aliphatic rings. The number of nitro benzene ring substituents is 1. The number of hydrogen-bond donors (Lipinski definition) is 0. The second-order valence-electron chi connectivity index (χ2n) is 5.34. The van der Waals surface area contributed by atoms with Crippen LogP contribution < -0.4 is 4.74 Å². The average molecular weight is 338 g/mol.